The minimum atomic E-state index is -1.25. The average molecular weight is 331 g/mol. The van der Waals surface area contributed by atoms with Crippen LogP contribution in [0.25, 0.3) is 0 Å². The zero-order valence-corrected chi connectivity index (χ0v) is 14.1. The van der Waals surface area contributed by atoms with E-state index < -0.39 is 10.8 Å². The Kier molecular flexibility index (Phi) is 5.00. The molecule has 0 amide bonds. The van der Waals surface area contributed by atoms with Gasteiger partial charge in [0.25, 0.3) is 0 Å². The molecule has 1 aliphatic carbocycles. The van der Waals surface area contributed by atoms with Gasteiger partial charge in [0, 0.05) is 11.8 Å². The van der Waals surface area contributed by atoms with Gasteiger partial charge in [-0.25, -0.2) is 0 Å². The maximum absolute atomic E-state index is 12.4. The van der Waals surface area contributed by atoms with Crippen molar-refractivity contribution in [3.8, 4) is 0 Å². The summed E-state index contributed by atoms with van der Waals surface area (Å²) in [5.74, 6) is 0.617. The third-order valence-corrected chi connectivity index (χ3v) is 5.29. The molecule has 1 saturated carbocycles. The van der Waals surface area contributed by atoms with E-state index >= 15 is 0 Å². The van der Waals surface area contributed by atoms with Gasteiger partial charge >= 0.3 is 0 Å². The van der Waals surface area contributed by atoms with Gasteiger partial charge in [-0.1, -0.05) is 43.5 Å². The first-order valence-electron chi connectivity index (χ1n) is 7.99. The van der Waals surface area contributed by atoms with Gasteiger partial charge in [-0.15, -0.1) is 10.2 Å². The van der Waals surface area contributed by atoms with Gasteiger partial charge in [0.1, 0.15) is 6.33 Å². The first-order chi connectivity index (χ1) is 11.1. The Balaban J connectivity index is 1.70. The number of hydrogen-bond donors (Lipinski definition) is 0. The third-order valence-electron chi connectivity index (χ3n) is 4.46. The van der Waals surface area contributed by atoms with Crippen molar-refractivity contribution in [1.29, 1.82) is 0 Å². The molecule has 1 aliphatic rings. The summed E-state index contributed by atoms with van der Waals surface area (Å²) in [6.45, 7) is 0.116. The highest BCUT2D eigenvalue weighted by Crippen LogP contribution is 2.32. The number of carbonyl (C=O) groups is 1. The largest absolute Gasteiger partial charge is 0.299 e. The Bertz CT molecular complexity index is 703. The van der Waals surface area contributed by atoms with Crippen LogP contribution in [0.2, 0.25) is 0 Å². The molecule has 1 heterocycles. The summed E-state index contributed by atoms with van der Waals surface area (Å²) in [5, 5.41) is 7.86. The molecule has 1 aromatic heterocycles. The van der Waals surface area contributed by atoms with Gasteiger partial charge in [-0.3, -0.25) is 13.6 Å². The molecular weight excluding hydrogens is 310 g/mol. The van der Waals surface area contributed by atoms with Crippen LogP contribution in [-0.4, -0.2) is 31.0 Å². The number of rotatable bonds is 5. The van der Waals surface area contributed by atoms with E-state index in [4.69, 9.17) is 0 Å². The molecule has 122 valence electrons. The molecule has 0 spiro atoms. The maximum Gasteiger partial charge on any atom is 0.221 e. The van der Waals surface area contributed by atoms with Crippen LogP contribution in [0.4, 0.5) is 0 Å². The molecule has 0 N–H and O–H groups in total. The monoisotopic (exact) mass is 331 g/mol. The van der Waals surface area contributed by atoms with Crippen molar-refractivity contribution in [1.82, 2.24) is 14.8 Å². The Morgan fingerprint density at radius 3 is 2.57 bits per heavy atom. The van der Waals surface area contributed by atoms with E-state index in [0.29, 0.717) is 16.6 Å². The summed E-state index contributed by atoms with van der Waals surface area (Å²) in [6, 6.07) is 7.96. The Morgan fingerprint density at radius 1 is 1.22 bits per heavy atom. The highest BCUT2D eigenvalue weighted by molar-refractivity contribution is 7.84. The van der Waals surface area contributed by atoms with Gasteiger partial charge in [-0.2, -0.15) is 0 Å². The summed E-state index contributed by atoms with van der Waals surface area (Å²) < 4.78 is 13.1. The van der Waals surface area contributed by atoms with Crippen LogP contribution in [0.15, 0.2) is 35.7 Å². The van der Waals surface area contributed by atoms with E-state index in [9.17, 15) is 9.00 Å². The number of aromatic nitrogens is 3. The maximum atomic E-state index is 12.4. The van der Waals surface area contributed by atoms with Crippen LogP contribution in [0.1, 0.15) is 53.9 Å². The lowest BCUT2D eigenvalue weighted by atomic mass is 9.84. The van der Waals surface area contributed by atoms with Gasteiger partial charge < -0.3 is 0 Å². The second kappa shape index (κ2) is 7.17. The van der Waals surface area contributed by atoms with E-state index in [1.54, 1.807) is 4.57 Å². The highest BCUT2D eigenvalue weighted by atomic mass is 32.2. The topological polar surface area (TPSA) is 64.8 Å². The van der Waals surface area contributed by atoms with Crippen LogP contribution in [0.3, 0.4) is 0 Å². The normalized spacial score (nSPS) is 17.1. The molecule has 0 bridgehead atoms. The van der Waals surface area contributed by atoms with E-state index in [1.807, 2.05) is 12.1 Å². The third kappa shape index (κ3) is 3.75. The fourth-order valence-electron chi connectivity index (χ4n) is 3.20. The summed E-state index contributed by atoms with van der Waals surface area (Å²) in [4.78, 5) is 12.4. The van der Waals surface area contributed by atoms with Crippen molar-refractivity contribution in [2.24, 2.45) is 0 Å². The first kappa shape index (κ1) is 16.1. The van der Waals surface area contributed by atoms with E-state index in [-0.39, 0.29) is 12.3 Å². The second-order valence-corrected chi connectivity index (χ2v) is 7.35. The molecular formula is C17H21N3O2S. The minimum absolute atomic E-state index is 0.0216. The number of carbonyl (C=O) groups excluding carboxylic acids is 1. The van der Waals surface area contributed by atoms with Crippen LogP contribution >= 0.6 is 0 Å². The van der Waals surface area contributed by atoms with Gasteiger partial charge in [0.2, 0.25) is 5.16 Å². The lowest BCUT2D eigenvalue weighted by molar-refractivity contribution is 0.0969. The fraction of sp³-hybridized carbons (Fsp3) is 0.471. The summed E-state index contributed by atoms with van der Waals surface area (Å²) in [7, 11) is -1.25. The van der Waals surface area contributed by atoms with Gasteiger partial charge in [0.15, 0.2) is 5.78 Å². The summed E-state index contributed by atoms with van der Waals surface area (Å²) in [5.41, 5.74) is 2.01. The van der Waals surface area contributed by atoms with Crippen molar-refractivity contribution < 1.29 is 9.00 Å². The van der Waals surface area contributed by atoms with Crippen molar-refractivity contribution in [2.45, 2.75) is 49.7 Å². The zero-order chi connectivity index (χ0) is 16.2. The van der Waals surface area contributed by atoms with Crippen molar-refractivity contribution in [3.05, 3.63) is 41.7 Å². The lowest BCUT2D eigenvalue weighted by Gasteiger charge is -2.22. The molecule has 0 radical (unpaired) electrons. The quantitative estimate of drug-likeness (QED) is 0.790. The Hall–Kier alpha value is -1.82. The standard InChI is InChI=1S/C17H21N3O2S/c1-23(22)17-19-18-12-20(17)11-16(21)15-9-7-14(8-10-15)13-5-3-2-4-6-13/h7-10,12-13H,2-6,11H2,1H3/t23-/m1/s1. The molecule has 3 rings (SSSR count). The second-order valence-electron chi connectivity index (χ2n) is 6.08. The Morgan fingerprint density at radius 2 is 1.91 bits per heavy atom. The van der Waals surface area contributed by atoms with Crippen LogP contribution < -0.4 is 0 Å². The van der Waals surface area contributed by atoms with Crippen molar-refractivity contribution in [2.75, 3.05) is 6.26 Å². The van der Waals surface area contributed by atoms with Crippen molar-refractivity contribution >= 4 is 16.6 Å². The molecule has 1 atom stereocenters. The van der Waals surface area contributed by atoms with E-state index in [1.165, 1.54) is 50.3 Å². The molecule has 1 aromatic carbocycles. The predicted molar refractivity (Wildman–Crippen MR) is 89.0 cm³/mol. The van der Waals surface area contributed by atoms with Crippen LogP contribution in [0, 0.1) is 0 Å². The molecule has 23 heavy (non-hydrogen) atoms. The summed E-state index contributed by atoms with van der Waals surface area (Å²) >= 11 is 0. The highest BCUT2D eigenvalue weighted by Gasteiger charge is 2.17. The molecule has 5 nitrogen and oxygen atoms in total. The first-order valence-corrected chi connectivity index (χ1v) is 9.55. The van der Waals surface area contributed by atoms with Crippen molar-refractivity contribution in [3.63, 3.8) is 0 Å². The van der Waals surface area contributed by atoms with Crippen LogP contribution in [-0.2, 0) is 17.3 Å². The lowest BCUT2D eigenvalue weighted by Crippen LogP contribution is -2.13. The number of nitrogens with zero attached hydrogens (tertiary/aromatic N) is 3. The molecule has 1 fully saturated rings. The SMILES string of the molecule is C[S@@](=O)c1nncn1CC(=O)c1ccc(C2CCCCC2)cc1. The number of benzene rings is 1. The fourth-order valence-corrected chi connectivity index (χ4v) is 3.80. The average Bonchev–Trinajstić information content (AvgIpc) is 3.04. The molecule has 6 heteroatoms. The molecule has 2 aromatic rings. The van der Waals surface area contributed by atoms with Crippen LogP contribution in [0.5, 0.6) is 0 Å². The minimum Gasteiger partial charge on any atom is -0.299 e. The molecule has 0 unspecified atom stereocenters. The predicted octanol–water partition coefficient (Wildman–Crippen LogP) is 2.95. The molecule has 0 saturated heterocycles. The number of hydrogen-bond acceptors (Lipinski definition) is 4. The van der Waals surface area contributed by atoms with E-state index in [2.05, 4.69) is 22.3 Å². The number of ketones is 1. The molecule has 0 aliphatic heterocycles. The number of Topliss-reactive ketones (excluding diaryl/α,β-unsaturated/α-hetero) is 1. The van der Waals surface area contributed by atoms with Gasteiger partial charge in [0.05, 0.1) is 17.3 Å². The smallest absolute Gasteiger partial charge is 0.221 e. The van der Waals surface area contributed by atoms with Gasteiger partial charge in [-0.05, 0) is 24.3 Å². The Labute approximate surface area is 138 Å². The zero-order valence-electron chi connectivity index (χ0n) is 13.3. The van der Waals surface area contributed by atoms with E-state index in [0.717, 1.165) is 0 Å². The summed E-state index contributed by atoms with van der Waals surface area (Å²) in [6.07, 6.45) is 9.42.